The third kappa shape index (κ3) is 18.0. The molecular formula is C98H116Cl2Zr2. The molecule has 4 heteroatoms. The zero-order valence-corrected chi connectivity index (χ0v) is 72.6. The number of fused-ring (bicyclic) bond motifs is 10. The van der Waals surface area contributed by atoms with Gasteiger partial charge in [0.05, 0.1) is 0 Å². The number of hydrogen-bond donors (Lipinski definition) is 0. The van der Waals surface area contributed by atoms with Crippen LogP contribution in [0.2, 0.25) is 10.0 Å². The topological polar surface area (TPSA) is 0 Å². The molecule has 0 amide bonds. The fraction of sp³-hybridized carbons (Fsp3) is 0.378. The standard InChI is InChI=1S/C31H29.2C27H35.C9H5Cl2.4CH3.2Zr/c1-18-11-20(3)30(21(4)12-18)26-9-7-24-15-25-8-10-27(17-29(25)28(24)16-26)31-22(5)13-19(2)14-23(31)6;2*1-26(2,3)19-12-14-21-22-15-13-20(27(4,5)6)17-24(22)25(23(21)16-19)18-10-8-7-9-11-18;10-8-4-5-9(11)7-3-1-2-6(7)8;;;;;;/h7,9-14,16-17H,15H2,1-6H3;2*12-16,18,25H,7-11H2,1-6H3;1-5H;4*1H3;;/q8*-1;2*+4. The average Bonchev–Trinajstić information content (AvgIpc) is 1.60. The third-order valence-electron chi connectivity index (χ3n) is 22.0. The summed E-state index contributed by atoms with van der Waals surface area (Å²) in [6.07, 6.45) is 14.9. The maximum absolute atomic E-state index is 5.91. The molecule has 0 heterocycles. The smallest absolute Gasteiger partial charge is 0.358 e. The minimum absolute atomic E-state index is 0. The number of hydrogen-bond acceptors (Lipinski definition) is 0. The van der Waals surface area contributed by atoms with E-state index in [1.807, 2.05) is 30.3 Å². The van der Waals surface area contributed by atoms with Crippen LogP contribution in [0.5, 0.6) is 0 Å². The second-order valence-electron chi connectivity index (χ2n) is 33.5. The van der Waals surface area contributed by atoms with Crippen LogP contribution in [-0.4, -0.2) is 0 Å². The van der Waals surface area contributed by atoms with Gasteiger partial charge in [0.1, 0.15) is 0 Å². The number of aryl methyl sites for hydroxylation is 6. The van der Waals surface area contributed by atoms with Crippen LogP contribution in [0.3, 0.4) is 0 Å². The first kappa shape index (κ1) is 85.9. The summed E-state index contributed by atoms with van der Waals surface area (Å²) in [7, 11) is 0. The minimum Gasteiger partial charge on any atom is -0.358 e. The molecule has 0 N–H and O–H groups in total. The summed E-state index contributed by atoms with van der Waals surface area (Å²) in [6.45, 7) is 41.1. The van der Waals surface area contributed by atoms with E-state index in [1.165, 1.54) is 198 Å². The van der Waals surface area contributed by atoms with Crippen molar-refractivity contribution in [1.82, 2.24) is 0 Å². The maximum atomic E-state index is 5.91. The van der Waals surface area contributed by atoms with Crippen LogP contribution in [-0.2, 0) is 80.5 Å². The van der Waals surface area contributed by atoms with Gasteiger partial charge in [0.2, 0.25) is 0 Å². The molecular weight excluding hydrogens is 1430 g/mol. The van der Waals surface area contributed by atoms with Crippen molar-refractivity contribution in [2.24, 2.45) is 11.8 Å². The van der Waals surface area contributed by atoms with E-state index in [9.17, 15) is 0 Å². The Morgan fingerprint density at radius 2 is 0.814 bits per heavy atom. The predicted molar refractivity (Wildman–Crippen MR) is 441 cm³/mol. The normalized spacial score (nSPS) is 15.6. The molecule has 0 aliphatic heterocycles. The Kier molecular flexibility index (Phi) is 28.8. The van der Waals surface area contributed by atoms with Crippen LogP contribution in [0.1, 0.15) is 248 Å². The Morgan fingerprint density at radius 1 is 0.402 bits per heavy atom. The van der Waals surface area contributed by atoms with E-state index in [4.69, 9.17) is 23.2 Å². The molecule has 0 radical (unpaired) electrons. The Labute approximate surface area is 669 Å². The zero-order valence-electron chi connectivity index (χ0n) is 66.2. The summed E-state index contributed by atoms with van der Waals surface area (Å²) in [5, 5.41) is 3.57. The van der Waals surface area contributed by atoms with Crippen molar-refractivity contribution < 1.29 is 52.4 Å². The molecule has 0 saturated heterocycles. The molecule has 102 heavy (non-hydrogen) atoms. The van der Waals surface area contributed by atoms with E-state index in [0.29, 0.717) is 11.8 Å². The van der Waals surface area contributed by atoms with Gasteiger partial charge in [-0.3, -0.25) is 0 Å². The predicted octanol–water partition coefficient (Wildman–Crippen LogP) is 29.5. The maximum Gasteiger partial charge on any atom is 4.00 e. The van der Waals surface area contributed by atoms with Crippen molar-refractivity contribution >= 4 is 34.0 Å². The van der Waals surface area contributed by atoms with Gasteiger partial charge in [0.25, 0.3) is 0 Å². The molecule has 530 valence electrons. The molecule has 0 aromatic heterocycles. The summed E-state index contributed by atoms with van der Waals surface area (Å²) < 4.78 is 0. The van der Waals surface area contributed by atoms with Gasteiger partial charge in [-0.15, -0.1) is 61.8 Å². The minimum atomic E-state index is 0. The number of benzene rings is 9. The molecule has 2 fully saturated rings. The van der Waals surface area contributed by atoms with Crippen LogP contribution in [0.15, 0.2) is 146 Å². The van der Waals surface area contributed by atoms with Gasteiger partial charge in [-0.05, 0) is 174 Å². The molecule has 5 aliphatic carbocycles. The van der Waals surface area contributed by atoms with E-state index in [1.54, 1.807) is 11.1 Å². The quantitative estimate of drug-likeness (QED) is 0.154. The largest absolute Gasteiger partial charge is 4.00 e. The molecule has 5 aliphatic rings. The molecule has 0 nitrogen and oxygen atoms in total. The van der Waals surface area contributed by atoms with Crippen LogP contribution in [0.4, 0.5) is 0 Å². The molecule has 10 aromatic carbocycles. The fourth-order valence-corrected chi connectivity index (χ4v) is 17.4. The van der Waals surface area contributed by atoms with E-state index < -0.39 is 0 Å². The Balaban J connectivity index is 0.000000218. The van der Waals surface area contributed by atoms with Crippen molar-refractivity contribution in [3.05, 3.63) is 293 Å². The van der Waals surface area contributed by atoms with Gasteiger partial charge in [0.15, 0.2) is 0 Å². The van der Waals surface area contributed by atoms with Crippen molar-refractivity contribution in [1.29, 1.82) is 0 Å². The van der Waals surface area contributed by atoms with Crippen molar-refractivity contribution in [3.8, 4) is 55.6 Å². The van der Waals surface area contributed by atoms with Crippen molar-refractivity contribution in [3.63, 3.8) is 0 Å². The zero-order chi connectivity index (χ0) is 68.5. The molecule has 2 unspecified atom stereocenters. The fourth-order valence-electron chi connectivity index (χ4n) is 17.0. The summed E-state index contributed by atoms with van der Waals surface area (Å²) in [6, 6.07) is 65.6. The molecule has 15 rings (SSSR count). The monoisotopic (exact) mass is 1540 g/mol. The van der Waals surface area contributed by atoms with Crippen molar-refractivity contribution in [2.45, 2.75) is 229 Å². The number of rotatable bonds is 4. The Bertz CT molecular complexity index is 4080. The molecule has 2 saturated carbocycles. The summed E-state index contributed by atoms with van der Waals surface area (Å²) in [5.74, 6) is 2.64. The van der Waals surface area contributed by atoms with Gasteiger partial charge in [-0.1, -0.05) is 274 Å². The summed E-state index contributed by atoms with van der Waals surface area (Å²) in [4.78, 5) is 0. The summed E-state index contributed by atoms with van der Waals surface area (Å²) >= 11 is 11.8. The van der Waals surface area contributed by atoms with Crippen LogP contribution >= 0.6 is 23.2 Å². The van der Waals surface area contributed by atoms with Crippen LogP contribution in [0.25, 0.3) is 66.4 Å². The van der Waals surface area contributed by atoms with Crippen LogP contribution in [0, 0.1) is 101 Å². The first-order valence-electron chi connectivity index (χ1n) is 36.2. The molecule has 0 spiro atoms. The first-order chi connectivity index (χ1) is 45.4. The van der Waals surface area contributed by atoms with E-state index >= 15 is 0 Å². The number of halogens is 2. The molecule has 0 bridgehead atoms. The molecule has 10 aromatic rings. The molecule has 2 atom stereocenters. The summed E-state index contributed by atoms with van der Waals surface area (Å²) in [5.41, 5.74) is 37.0. The average molecular weight is 1550 g/mol. The van der Waals surface area contributed by atoms with Crippen LogP contribution < -0.4 is 0 Å². The first-order valence-corrected chi connectivity index (χ1v) is 36.9. The van der Waals surface area contributed by atoms with Gasteiger partial charge in [0, 0.05) is 0 Å². The van der Waals surface area contributed by atoms with Crippen molar-refractivity contribution in [2.75, 3.05) is 0 Å². The van der Waals surface area contributed by atoms with Gasteiger partial charge in [-0.2, -0.15) is 83.4 Å². The SMILES string of the molecule is CC(C)(C)c1[c-]c2c(cc1)-c1ccc(C(C)(C)C)cc1C2C1CCCCC1.CC(C)(C)c1[c-]c2c(cc1)-c1ccc(C(C)(C)C)cc1C2C1CCCCC1.Cc1cc(C)c(-c2c[c-]c3c(c2)-c2cc(-c4c(C)cc(C)cc4C)ccc2C3)c(C)c1.Clc1ccc(Cl)c2[cH-]ccc12.[CH3-].[CH3-].[CH3-].[CH3-].[Zr+4].[Zr+4]. The second-order valence-corrected chi connectivity index (χ2v) is 34.3. The van der Waals surface area contributed by atoms with Gasteiger partial charge in [-0.25, -0.2) is 0 Å². The van der Waals surface area contributed by atoms with Gasteiger partial charge >= 0.3 is 52.4 Å². The third-order valence-corrected chi connectivity index (χ3v) is 22.6. The van der Waals surface area contributed by atoms with Gasteiger partial charge < -0.3 is 29.7 Å². The van der Waals surface area contributed by atoms with E-state index in [-0.39, 0.29) is 104 Å². The second kappa shape index (κ2) is 34.2. The Morgan fingerprint density at radius 3 is 1.24 bits per heavy atom. The Hall–Kier alpha value is -5.06. The van der Waals surface area contributed by atoms with E-state index in [0.717, 1.165) is 39.1 Å². The van der Waals surface area contributed by atoms with E-state index in [2.05, 4.69) is 258 Å².